The van der Waals surface area contributed by atoms with E-state index in [0.717, 1.165) is 5.69 Å². The van der Waals surface area contributed by atoms with Gasteiger partial charge in [-0.3, -0.25) is 4.68 Å². The summed E-state index contributed by atoms with van der Waals surface area (Å²) in [6.45, 7) is 2.34. The van der Waals surface area contributed by atoms with Crippen LogP contribution in [0.2, 0.25) is 0 Å². The third-order valence-corrected chi connectivity index (χ3v) is 3.13. The molecule has 112 valence electrons. The molecule has 2 heterocycles. The second-order valence-electron chi connectivity index (χ2n) is 4.93. The van der Waals surface area contributed by atoms with E-state index < -0.39 is 5.97 Å². The topological polar surface area (TPSA) is 61.9 Å². The molecular weight excluding hydrogens is 280 g/mol. The van der Waals surface area contributed by atoms with E-state index in [1.807, 2.05) is 49.5 Å². The molecule has 0 radical (unpaired) electrons. The molecule has 0 fully saturated rings. The van der Waals surface area contributed by atoms with Crippen molar-refractivity contribution < 1.29 is 9.53 Å². The summed E-state index contributed by atoms with van der Waals surface area (Å²) in [5, 5.41) is 8.34. The molecule has 0 spiro atoms. The van der Waals surface area contributed by atoms with Crippen molar-refractivity contribution in [1.82, 2.24) is 19.6 Å². The lowest BCUT2D eigenvalue weighted by Gasteiger charge is -2.12. The summed E-state index contributed by atoms with van der Waals surface area (Å²) in [5.41, 5.74) is 1.18. The first-order chi connectivity index (χ1) is 10.7. The average Bonchev–Trinajstić information content (AvgIpc) is 3.19. The number of esters is 1. The van der Waals surface area contributed by atoms with E-state index in [1.165, 1.54) is 0 Å². The summed E-state index contributed by atoms with van der Waals surface area (Å²) in [6.07, 6.45) is 4.98. The third kappa shape index (κ3) is 3.22. The molecular formula is C16H16N4O2. The molecule has 2 aromatic heterocycles. The van der Waals surface area contributed by atoms with Crippen LogP contribution in [-0.4, -0.2) is 31.6 Å². The highest BCUT2D eigenvalue weighted by atomic mass is 16.5. The predicted molar refractivity (Wildman–Crippen MR) is 80.7 cm³/mol. The summed E-state index contributed by atoms with van der Waals surface area (Å²) < 4.78 is 8.75. The maximum atomic E-state index is 12.1. The summed E-state index contributed by atoms with van der Waals surface area (Å²) in [5.74, 6) is -0.436. The number of hydrogen-bond acceptors (Lipinski definition) is 4. The molecule has 22 heavy (non-hydrogen) atoms. The molecule has 1 atom stereocenters. The lowest BCUT2D eigenvalue weighted by Crippen LogP contribution is -2.21. The molecule has 3 rings (SSSR count). The van der Waals surface area contributed by atoms with Crippen molar-refractivity contribution in [2.75, 3.05) is 0 Å². The first kappa shape index (κ1) is 14.1. The highest BCUT2D eigenvalue weighted by Gasteiger charge is 2.15. The summed E-state index contributed by atoms with van der Waals surface area (Å²) in [4.78, 5) is 12.1. The monoisotopic (exact) mass is 296 g/mol. The van der Waals surface area contributed by atoms with Crippen LogP contribution in [0, 0.1) is 0 Å². The van der Waals surface area contributed by atoms with Gasteiger partial charge in [0.2, 0.25) is 0 Å². The Morgan fingerprint density at radius 3 is 2.73 bits per heavy atom. The van der Waals surface area contributed by atoms with Gasteiger partial charge in [-0.05, 0) is 31.2 Å². The molecule has 0 aliphatic carbocycles. The van der Waals surface area contributed by atoms with E-state index in [4.69, 9.17) is 4.74 Å². The number of benzene rings is 1. The van der Waals surface area contributed by atoms with Crippen molar-refractivity contribution in [3.63, 3.8) is 0 Å². The number of rotatable bonds is 5. The third-order valence-electron chi connectivity index (χ3n) is 3.13. The fraction of sp³-hybridized carbons (Fsp3) is 0.188. The quantitative estimate of drug-likeness (QED) is 0.678. The molecule has 0 saturated carbocycles. The standard InChI is InChI=1S/C16H16N4O2/c1-13(12-19-10-5-9-17-19)22-16(21)15-8-11-20(18-15)14-6-3-2-4-7-14/h2-11,13H,12H2,1H3. The SMILES string of the molecule is CC(Cn1cccn1)OC(=O)c1ccn(-c2ccccc2)n1. The number of aromatic nitrogens is 4. The number of ether oxygens (including phenoxy) is 1. The fourth-order valence-electron chi connectivity index (χ4n) is 2.11. The van der Waals surface area contributed by atoms with Gasteiger partial charge < -0.3 is 4.74 Å². The van der Waals surface area contributed by atoms with Crippen molar-refractivity contribution >= 4 is 5.97 Å². The predicted octanol–water partition coefficient (Wildman–Crippen LogP) is 2.31. The van der Waals surface area contributed by atoms with Gasteiger partial charge in [0, 0.05) is 18.6 Å². The minimum atomic E-state index is -0.436. The Morgan fingerprint density at radius 2 is 2.00 bits per heavy atom. The zero-order valence-electron chi connectivity index (χ0n) is 12.2. The van der Waals surface area contributed by atoms with E-state index in [9.17, 15) is 4.79 Å². The minimum Gasteiger partial charge on any atom is -0.456 e. The molecule has 3 aromatic rings. The van der Waals surface area contributed by atoms with Gasteiger partial charge in [0.05, 0.1) is 12.2 Å². The second-order valence-corrected chi connectivity index (χ2v) is 4.93. The van der Waals surface area contributed by atoms with Crippen molar-refractivity contribution in [3.8, 4) is 5.69 Å². The molecule has 0 N–H and O–H groups in total. The maximum absolute atomic E-state index is 12.1. The molecule has 1 unspecified atom stereocenters. The highest BCUT2D eigenvalue weighted by molar-refractivity contribution is 5.87. The zero-order chi connectivity index (χ0) is 15.4. The van der Waals surface area contributed by atoms with Crippen LogP contribution in [0.15, 0.2) is 61.1 Å². The molecule has 0 saturated heterocycles. The molecule has 0 bridgehead atoms. The smallest absolute Gasteiger partial charge is 0.359 e. The molecule has 0 aliphatic heterocycles. The van der Waals surface area contributed by atoms with Gasteiger partial charge in [-0.25, -0.2) is 9.48 Å². The van der Waals surface area contributed by atoms with Gasteiger partial charge in [-0.1, -0.05) is 18.2 Å². The Balaban J connectivity index is 1.64. The Kier molecular flexibility index (Phi) is 4.00. The Labute approximate surface area is 127 Å². The summed E-state index contributed by atoms with van der Waals surface area (Å²) in [7, 11) is 0. The van der Waals surface area contributed by atoms with Crippen LogP contribution in [-0.2, 0) is 11.3 Å². The lowest BCUT2D eigenvalue weighted by molar-refractivity contribution is 0.0291. The van der Waals surface area contributed by atoms with Gasteiger partial charge in [0.25, 0.3) is 0 Å². The number of nitrogens with zero attached hydrogens (tertiary/aromatic N) is 4. The van der Waals surface area contributed by atoms with Crippen LogP contribution in [0.3, 0.4) is 0 Å². The van der Waals surface area contributed by atoms with Gasteiger partial charge in [0.15, 0.2) is 5.69 Å². The lowest BCUT2D eigenvalue weighted by atomic mass is 10.3. The summed E-state index contributed by atoms with van der Waals surface area (Å²) >= 11 is 0. The van der Waals surface area contributed by atoms with Gasteiger partial charge >= 0.3 is 5.97 Å². The number of para-hydroxylation sites is 1. The maximum Gasteiger partial charge on any atom is 0.359 e. The molecule has 0 amide bonds. The van der Waals surface area contributed by atoms with E-state index in [2.05, 4.69) is 10.2 Å². The van der Waals surface area contributed by atoms with Crippen LogP contribution in [0.1, 0.15) is 17.4 Å². The van der Waals surface area contributed by atoms with Crippen LogP contribution >= 0.6 is 0 Å². The molecule has 6 heteroatoms. The Hall–Kier alpha value is -2.89. The minimum absolute atomic E-state index is 0.283. The van der Waals surface area contributed by atoms with E-state index in [1.54, 1.807) is 27.8 Å². The first-order valence-electron chi connectivity index (χ1n) is 7.02. The molecule has 1 aromatic carbocycles. The molecule has 6 nitrogen and oxygen atoms in total. The number of carbonyl (C=O) groups is 1. The zero-order valence-corrected chi connectivity index (χ0v) is 12.2. The van der Waals surface area contributed by atoms with E-state index in [0.29, 0.717) is 6.54 Å². The van der Waals surface area contributed by atoms with Crippen molar-refractivity contribution in [2.24, 2.45) is 0 Å². The fourth-order valence-corrected chi connectivity index (χ4v) is 2.11. The normalized spacial score (nSPS) is 12.0. The van der Waals surface area contributed by atoms with E-state index in [-0.39, 0.29) is 11.8 Å². The van der Waals surface area contributed by atoms with Crippen LogP contribution < -0.4 is 0 Å². The van der Waals surface area contributed by atoms with Crippen LogP contribution in [0.25, 0.3) is 5.69 Å². The van der Waals surface area contributed by atoms with Crippen molar-refractivity contribution in [3.05, 3.63) is 66.7 Å². The number of hydrogen-bond donors (Lipinski definition) is 0. The van der Waals surface area contributed by atoms with Crippen molar-refractivity contribution in [2.45, 2.75) is 19.6 Å². The van der Waals surface area contributed by atoms with Gasteiger partial charge in [-0.15, -0.1) is 0 Å². The number of carbonyl (C=O) groups excluding carboxylic acids is 1. The largest absolute Gasteiger partial charge is 0.456 e. The Morgan fingerprint density at radius 1 is 1.18 bits per heavy atom. The van der Waals surface area contributed by atoms with Crippen LogP contribution in [0.4, 0.5) is 0 Å². The average molecular weight is 296 g/mol. The highest BCUT2D eigenvalue weighted by Crippen LogP contribution is 2.09. The van der Waals surface area contributed by atoms with Gasteiger partial charge in [-0.2, -0.15) is 10.2 Å². The second kappa shape index (κ2) is 6.26. The first-order valence-corrected chi connectivity index (χ1v) is 7.02. The summed E-state index contributed by atoms with van der Waals surface area (Å²) in [6, 6.07) is 13.1. The van der Waals surface area contributed by atoms with Crippen molar-refractivity contribution in [1.29, 1.82) is 0 Å². The van der Waals surface area contributed by atoms with E-state index >= 15 is 0 Å². The van der Waals surface area contributed by atoms with Crippen LogP contribution in [0.5, 0.6) is 0 Å². The molecule has 0 aliphatic rings. The van der Waals surface area contributed by atoms with Gasteiger partial charge in [0.1, 0.15) is 6.10 Å². The Bertz CT molecular complexity index is 735.